The normalized spacial score (nSPS) is 11.1. The Bertz CT molecular complexity index is 441. The molecule has 15 heavy (non-hydrogen) atoms. The van der Waals surface area contributed by atoms with Crippen LogP contribution in [-0.2, 0) is 3.74 Å². The first-order valence-electron chi connectivity index (χ1n) is 3.88. The van der Waals surface area contributed by atoms with Crippen LogP contribution in [-0.4, -0.2) is 34.3 Å². The molecule has 0 spiro atoms. The van der Waals surface area contributed by atoms with Crippen molar-refractivity contribution in [3.8, 4) is 0 Å². The first-order valence-corrected chi connectivity index (χ1v) is 7.27. The number of nitrogens with one attached hydrogen (secondary N) is 1. The van der Waals surface area contributed by atoms with Gasteiger partial charge in [-0.05, 0) is 0 Å². The van der Waals surface area contributed by atoms with Crippen LogP contribution in [0.3, 0.4) is 0 Å². The maximum absolute atomic E-state index is 10.9. The quantitative estimate of drug-likeness (QED) is 0.378. The van der Waals surface area contributed by atoms with Crippen LogP contribution < -0.4 is 9.67 Å². The van der Waals surface area contributed by atoms with Crippen LogP contribution in [0.4, 0.5) is 11.4 Å². The third kappa shape index (κ3) is 2.59. The van der Waals surface area contributed by atoms with Crippen molar-refractivity contribution in [2.24, 2.45) is 0 Å². The van der Waals surface area contributed by atoms with E-state index in [1.165, 1.54) is 19.2 Å². The molecular formula is C7H9AsN2O5. The number of hydrogen-bond acceptors (Lipinski definition) is 4. The van der Waals surface area contributed by atoms with E-state index in [0.717, 1.165) is 6.07 Å². The molecule has 1 aromatic carbocycles. The molecule has 0 amide bonds. The van der Waals surface area contributed by atoms with Crippen LogP contribution in [0.2, 0.25) is 0 Å². The number of benzene rings is 1. The molecule has 0 saturated heterocycles. The Labute approximate surface area is 87.9 Å². The van der Waals surface area contributed by atoms with Crippen molar-refractivity contribution in [1.29, 1.82) is 0 Å². The Hall–Kier alpha value is -1.30. The summed E-state index contributed by atoms with van der Waals surface area (Å²) in [6, 6.07) is 3.35. The van der Waals surface area contributed by atoms with E-state index in [-0.39, 0.29) is 15.7 Å². The molecule has 0 aliphatic carbocycles. The van der Waals surface area contributed by atoms with E-state index in [4.69, 9.17) is 8.19 Å². The van der Waals surface area contributed by atoms with Gasteiger partial charge in [0.2, 0.25) is 0 Å². The van der Waals surface area contributed by atoms with Gasteiger partial charge in [0.05, 0.1) is 0 Å². The molecule has 8 heteroatoms. The van der Waals surface area contributed by atoms with Crippen molar-refractivity contribution >= 4 is 29.9 Å². The molecule has 0 unspecified atom stereocenters. The third-order valence-electron chi connectivity index (χ3n) is 1.78. The van der Waals surface area contributed by atoms with Gasteiger partial charge in [-0.15, -0.1) is 0 Å². The van der Waals surface area contributed by atoms with E-state index in [2.05, 4.69) is 5.32 Å². The van der Waals surface area contributed by atoms with E-state index >= 15 is 0 Å². The van der Waals surface area contributed by atoms with Crippen molar-refractivity contribution in [2.45, 2.75) is 0 Å². The van der Waals surface area contributed by atoms with Crippen molar-refractivity contribution in [2.75, 3.05) is 12.4 Å². The number of nitro groups is 1. The molecule has 7 nitrogen and oxygen atoms in total. The van der Waals surface area contributed by atoms with Gasteiger partial charge in [0.1, 0.15) is 0 Å². The first kappa shape index (κ1) is 11.8. The zero-order valence-electron chi connectivity index (χ0n) is 7.75. The summed E-state index contributed by atoms with van der Waals surface area (Å²) in [6.07, 6.45) is 0. The zero-order chi connectivity index (χ0) is 11.6. The molecule has 0 bridgehead atoms. The van der Waals surface area contributed by atoms with Crippen LogP contribution in [0.1, 0.15) is 0 Å². The monoisotopic (exact) mass is 276 g/mol. The molecule has 1 aromatic rings. The predicted octanol–water partition coefficient (Wildman–Crippen LogP) is -0.803. The maximum atomic E-state index is 10.9. The van der Waals surface area contributed by atoms with Gasteiger partial charge in [0.15, 0.2) is 0 Å². The third-order valence-corrected chi connectivity index (χ3v) is 3.78. The fraction of sp³-hybridized carbons (Fsp3) is 0.143. The van der Waals surface area contributed by atoms with Crippen molar-refractivity contribution in [3.05, 3.63) is 28.3 Å². The van der Waals surface area contributed by atoms with Crippen LogP contribution >= 0.6 is 0 Å². The van der Waals surface area contributed by atoms with Gasteiger partial charge < -0.3 is 0 Å². The average Bonchev–Trinajstić information content (AvgIpc) is 2.15. The van der Waals surface area contributed by atoms with Crippen LogP contribution in [0.25, 0.3) is 0 Å². The van der Waals surface area contributed by atoms with Crippen molar-refractivity contribution in [3.63, 3.8) is 0 Å². The molecule has 0 saturated carbocycles. The number of nitrogens with zero attached hydrogens (tertiary/aromatic N) is 1. The van der Waals surface area contributed by atoms with Gasteiger partial charge in [-0.2, -0.15) is 0 Å². The summed E-state index contributed by atoms with van der Waals surface area (Å²) >= 11 is -5.06. The van der Waals surface area contributed by atoms with E-state index in [1.807, 2.05) is 0 Å². The second-order valence-electron chi connectivity index (χ2n) is 2.75. The SMILES string of the molecule is CNc1ccc([As](=O)(O)O)cc1[N+](=O)[O-]. The molecular weight excluding hydrogens is 267 g/mol. The molecule has 0 heterocycles. The number of anilines is 1. The predicted molar refractivity (Wildman–Crippen MR) is 53.2 cm³/mol. The second-order valence-corrected chi connectivity index (χ2v) is 6.12. The number of rotatable bonds is 3. The summed E-state index contributed by atoms with van der Waals surface area (Å²) in [5.74, 6) is 0. The molecule has 3 N–H and O–H groups in total. The minimum atomic E-state index is -5.06. The average molecular weight is 276 g/mol. The van der Waals surface area contributed by atoms with Gasteiger partial charge in [-0.3, -0.25) is 0 Å². The molecule has 1 rings (SSSR count). The van der Waals surface area contributed by atoms with E-state index in [9.17, 15) is 13.9 Å². The van der Waals surface area contributed by atoms with Gasteiger partial charge in [0, 0.05) is 0 Å². The minimum absolute atomic E-state index is 0.215. The molecule has 82 valence electrons. The molecule has 0 fully saturated rings. The zero-order valence-corrected chi connectivity index (χ0v) is 9.62. The summed E-state index contributed by atoms with van der Waals surface area (Å²) in [4.78, 5) is 9.89. The Morgan fingerprint density at radius 3 is 2.47 bits per heavy atom. The van der Waals surface area contributed by atoms with Gasteiger partial charge in [-0.1, -0.05) is 0 Å². The topological polar surface area (TPSA) is 113 Å². The summed E-state index contributed by atoms with van der Waals surface area (Å²) in [5, 5.41) is 13.1. The standard InChI is InChI=1S/C7H9AsN2O5/c1-9-6-3-2-5(8(11,12)13)4-7(6)10(14)15/h2-4,9H,1H3,(H2,11,12,13). The molecule has 0 aliphatic heterocycles. The van der Waals surface area contributed by atoms with Gasteiger partial charge >= 0.3 is 87.4 Å². The summed E-state index contributed by atoms with van der Waals surface area (Å²) in [5.41, 5.74) is -0.132. The van der Waals surface area contributed by atoms with E-state index in [1.54, 1.807) is 0 Å². The Balaban J connectivity index is 3.35. The first-order chi connectivity index (χ1) is 6.86. The second kappa shape index (κ2) is 4.06. The van der Waals surface area contributed by atoms with Crippen LogP contribution in [0.5, 0.6) is 0 Å². The summed E-state index contributed by atoms with van der Waals surface area (Å²) < 4.78 is 28.4. The molecule has 0 radical (unpaired) electrons. The van der Waals surface area contributed by atoms with E-state index in [0.29, 0.717) is 0 Å². The Morgan fingerprint density at radius 2 is 2.07 bits per heavy atom. The summed E-state index contributed by atoms with van der Waals surface area (Å²) in [7, 11) is 1.49. The molecule has 0 aromatic heterocycles. The Kier molecular flexibility index (Phi) is 3.18. The summed E-state index contributed by atoms with van der Waals surface area (Å²) in [6.45, 7) is 0. The van der Waals surface area contributed by atoms with Gasteiger partial charge in [0.25, 0.3) is 0 Å². The Morgan fingerprint density at radius 1 is 1.47 bits per heavy atom. The van der Waals surface area contributed by atoms with E-state index < -0.39 is 19.1 Å². The number of hydrogen-bond donors (Lipinski definition) is 3. The molecule has 0 atom stereocenters. The molecule has 0 aliphatic rings. The number of nitro benzene ring substituents is 1. The van der Waals surface area contributed by atoms with Crippen LogP contribution in [0, 0.1) is 10.1 Å². The fourth-order valence-electron chi connectivity index (χ4n) is 1.06. The van der Waals surface area contributed by atoms with Gasteiger partial charge in [-0.25, -0.2) is 0 Å². The van der Waals surface area contributed by atoms with Crippen molar-refractivity contribution in [1.82, 2.24) is 0 Å². The fourth-order valence-corrected chi connectivity index (χ4v) is 2.24. The van der Waals surface area contributed by atoms with Crippen LogP contribution in [0.15, 0.2) is 18.2 Å². The van der Waals surface area contributed by atoms with Crippen molar-refractivity contribution < 1.29 is 16.9 Å².